The van der Waals surface area contributed by atoms with E-state index in [2.05, 4.69) is 10.1 Å². The average Bonchev–Trinajstić information content (AvgIpc) is 3.52. The van der Waals surface area contributed by atoms with Crippen LogP contribution in [0.2, 0.25) is 10.0 Å². The third-order valence-electron chi connectivity index (χ3n) is 6.28. The van der Waals surface area contributed by atoms with E-state index in [9.17, 15) is 35.9 Å². The third kappa shape index (κ3) is 6.70. The van der Waals surface area contributed by atoms with E-state index in [1.807, 2.05) is 0 Å². The molecule has 2 aromatic heterocycles. The van der Waals surface area contributed by atoms with Crippen LogP contribution in [0.25, 0.3) is 21.1 Å². The number of nitrogens with one attached hydrogen (secondary N) is 1. The predicted molar refractivity (Wildman–Crippen MR) is 144 cm³/mol. The average molecular weight is 660 g/mol. The van der Waals surface area contributed by atoms with E-state index in [0.717, 1.165) is 17.4 Å². The Labute approximate surface area is 246 Å². The molecule has 17 heteroatoms. The fourth-order valence-corrected chi connectivity index (χ4v) is 7.09. The lowest BCUT2D eigenvalue weighted by Crippen LogP contribution is -2.43. The molecule has 0 saturated carbocycles. The van der Waals surface area contributed by atoms with Crippen molar-refractivity contribution in [2.45, 2.75) is 62.5 Å². The lowest BCUT2D eigenvalue weighted by molar-refractivity contribution is -0.147. The molecule has 2 N–H and O–H groups in total. The first kappa shape index (κ1) is 31.6. The quantitative estimate of drug-likeness (QED) is 0.307. The first-order chi connectivity index (χ1) is 18.9. The molecule has 1 saturated heterocycles. The summed E-state index contributed by atoms with van der Waals surface area (Å²) in [5.41, 5.74) is -1.21. The van der Waals surface area contributed by atoms with Gasteiger partial charge in [0, 0.05) is 24.7 Å². The second kappa shape index (κ2) is 11.4. The van der Waals surface area contributed by atoms with Crippen molar-refractivity contribution in [2.75, 3.05) is 13.1 Å². The molecular weight excluding hydrogens is 635 g/mol. The number of aliphatic hydroxyl groups is 1. The van der Waals surface area contributed by atoms with Crippen LogP contribution in [0.3, 0.4) is 0 Å². The van der Waals surface area contributed by atoms with Crippen molar-refractivity contribution in [2.24, 2.45) is 0 Å². The first-order valence-corrected chi connectivity index (χ1v) is 15.2. The molecule has 3 heterocycles. The van der Waals surface area contributed by atoms with Gasteiger partial charge in [0.2, 0.25) is 10.0 Å². The SMILES string of the molecule is C[C@H](NS(=O)(=O)c1ccc(-c2sc(-c3cc(C(C)(C)O)on3)nc2C(=O)N2CCC(F)CC2)c(Cl)c1Cl)C(F)(F)F. The molecule has 0 aliphatic carbocycles. The van der Waals surface area contributed by atoms with Crippen LogP contribution in [0.4, 0.5) is 17.6 Å². The molecule has 0 spiro atoms. The highest BCUT2D eigenvalue weighted by Gasteiger charge is 2.40. The summed E-state index contributed by atoms with van der Waals surface area (Å²) in [4.78, 5) is 18.8. The Morgan fingerprint density at radius 3 is 2.41 bits per heavy atom. The van der Waals surface area contributed by atoms with Crippen LogP contribution in [0.1, 0.15) is 49.9 Å². The van der Waals surface area contributed by atoms with Gasteiger partial charge < -0.3 is 14.5 Å². The zero-order valence-electron chi connectivity index (χ0n) is 21.7. The molecule has 0 unspecified atom stereocenters. The summed E-state index contributed by atoms with van der Waals surface area (Å²) in [7, 11) is -4.75. The number of aromatic nitrogens is 2. The van der Waals surface area contributed by atoms with E-state index in [0.29, 0.717) is 6.92 Å². The lowest BCUT2D eigenvalue weighted by Gasteiger charge is -2.28. The number of thiazole rings is 1. The van der Waals surface area contributed by atoms with E-state index in [4.69, 9.17) is 27.7 Å². The summed E-state index contributed by atoms with van der Waals surface area (Å²) in [6.07, 6.45) is -5.62. The number of alkyl halides is 4. The van der Waals surface area contributed by atoms with E-state index in [-0.39, 0.29) is 63.6 Å². The molecule has 1 fully saturated rings. The van der Waals surface area contributed by atoms with Gasteiger partial charge in [-0.2, -0.15) is 17.9 Å². The summed E-state index contributed by atoms with van der Waals surface area (Å²) in [6, 6.07) is 1.21. The smallest absolute Gasteiger partial charge is 0.382 e. The third-order valence-corrected chi connectivity index (χ3v) is 9.97. The van der Waals surface area contributed by atoms with Gasteiger partial charge in [0.15, 0.2) is 5.76 Å². The van der Waals surface area contributed by atoms with E-state index >= 15 is 0 Å². The number of hydrogen-bond donors (Lipinski definition) is 2. The topological polar surface area (TPSA) is 126 Å². The summed E-state index contributed by atoms with van der Waals surface area (Å²) < 4.78 is 84.8. The van der Waals surface area contributed by atoms with Gasteiger partial charge in [-0.1, -0.05) is 34.4 Å². The Balaban J connectivity index is 1.80. The summed E-state index contributed by atoms with van der Waals surface area (Å²) in [5.74, 6) is -0.427. The number of likely N-dealkylation sites (tertiary alicyclic amines) is 1. The number of piperidine rings is 1. The lowest BCUT2D eigenvalue weighted by atomic mass is 10.1. The maximum absolute atomic E-state index is 13.7. The van der Waals surface area contributed by atoms with Crippen molar-refractivity contribution in [3.63, 3.8) is 0 Å². The van der Waals surface area contributed by atoms with E-state index in [1.165, 1.54) is 35.6 Å². The van der Waals surface area contributed by atoms with Crippen molar-refractivity contribution in [3.05, 3.63) is 39.7 Å². The first-order valence-electron chi connectivity index (χ1n) is 12.1. The number of sulfonamides is 1. The Bertz CT molecular complexity index is 1560. The normalized spacial score (nSPS) is 16.3. The van der Waals surface area contributed by atoms with Gasteiger partial charge in [-0.3, -0.25) is 4.79 Å². The van der Waals surface area contributed by atoms with Gasteiger partial charge in [0.05, 0.1) is 14.9 Å². The molecule has 1 aliphatic rings. The largest absolute Gasteiger partial charge is 0.404 e. The molecule has 0 radical (unpaired) electrons. The van der Waals surface area contributed by atoms with Gasteiger partial charge in [0.1, 0.15) is 39.1 Å². The second-order valence-corrected chi connectivity index (χ2v) is 13.4. The molecule has 1 aliphatic heterocycles. The standard InChI is InChI=1S/C24H24Cl2F4N4O5S2/c1-11(24(28,29)30)33-41(37,38)15-5-4-13(17(25)18(15)26)20-19(22(35)34-8-6-12(27)7-9-34)31-21(40-20)14-10-16(39-32-14)23(2,3)36/h4-5,10-12,33,36H,6-9H2,1-3H3/t11-/m0/s1. The van der Waals surface area contributed by atoms with Crippen LogP contribution in [0.15, 0.2) is 27.6 Å². The Morgan fingerprint density at radius 1 is 1.22 bits per heavy atom. The van der Waals surface area contributed by atoms with Gasteiger partial charge in [-0.05, 0) is 39.7 Å². The van der Waals surface area contributed by atoms with Gasteiger partial charge in [-0.15, -0.1) is 11.3 Å². The number of halogens is 6. The number of amides is 1. The summed E-state index contributed by atoms with van der Waals surface area (Å²) >= 11 is 13.7. The zero-order chi connectivity index (χ0) is 30.5. The molecule has 0 bridgehead atoms. The van der Waals surface area contributed by atoms with Crippen molar-refractivity contribution in [3.8, 4) is 21.1 Å². The predicted octanol–water partition coefficient (Wildman–Crippen LogP) is 5.80. The number of nitrogens with zero attached hydrogens (tertiary/aromatic N) is 3. The molecule has 3 aromatic rings. The Morgan fingerprint density at radius 2 is 1.85 bits per heavy atom. The molecule has 224 valence electrons. The molecule has 1 amide bonds. The van der Waals surface area contributed by atoms with Crippen molar-refractivity contribution >= 4 is 50.5 Å². The highest BCUT2D eigenvalue weighted by atomic mass is 35.5. The minimum absolute atomic E-state index is 0.0816. The number of carbonyl (C=O) groups excluding carboxylic acids is 1. The monoisotopic (exact) mass is 658 g/mol. The number of carbonyl (C=O) groups is 1. The van der Waals surface area contributed by atoms with Crippen LogP contribution in [-0.4, -0.2) is 66.0 Å². The number of hydrogen-bond acceptors (Lipinski definition) is 8. The minimum Gasteiger partial charge on any atom is -0.382 e. The molecule has 1 atom stereocenters. The highest BCUT2D eigenvalue weighted by Crippen LogP contribution is 2.44. The molecule has 41 heavy (non-hydrogen) atoms. The number of rotatable bonds is 7. The Kier molecular flexibility index (Phi) is 8.81. The van der Waals surface area contributed by atoms with E-state index < -0.39 is 49.8 Å². The van der Waals surface area contributed by atoms with Gasteiger partial charge in [-0.25, -0.2) is 17.8 Å². The summed E-state index contributed by atoms with van der Waals surface area (Å²) in [6.45, 7) is 3.87. The number of benzene rings is 1. The van der Waals surface area contributed by atoms with Gasteiger partial charge in [0.25, 0.3) is 5.91 Å². The fourth-order valence-electron chi connectivity index (χ4n) is 3.90. The van der Waals surface area contributed by atoms with Crippen molar-refractivity contribution < 1.29 is 40.4 Å². The molecular formula is C24H24Cl2F4N4O5S2. The van der Waals surface area contributed by atoms with Crippen molar-refractivity contribution in [1.29, 1.82) is 0 Å². The van der Waals surface area contributed by atoms with Gasteiger partial charge >= 0.3 is 6.18 Å². The maximum atomic E-state index is 13.7. The van der Waals surface area contributed by atoms with Crippen LogP contribution in [0.5, 0.6) is 0 Å². The molecule has 1 aromatic carbocycles. The van der Waals surface area contributed by atoms with Crippen LogP contribution in [0, 0.1) is 0 Å². The zero-order valence-corrected chi connectivity index (χ0v) is 24.9. The van der Waals surface area contributed by atoms with Crippen LogP contribution >= 0.6 is 34.5 Å². The van der Waals surface area contributed by atoms with Crippen LogP contribution in [-0.2, 0) is 15.6 Å². The van der Waals surface area contributed by atoms with Crippen molar-refractivity contribution in [1.82, 2.24) is 19.8 Å². The highest BCUT2D eigenvalue weighted by molar-refractivity contribution is 7.89. The minimum atomic E-state index is -4.85. The Hall–Kier alpha value is -2.30. The second-order valence-electron chi connectivity index (χ2n) is 9.92. The van der Waals surface area contributed by atoms with Crippen LogP contribution < -0.4 is 4.72 Å². The molecule has 9 nitrogen and oxygen atoms in total. The summed E-state index contributed by atoms with van der Waals surface area (Å²) in [5, 5.41) is 13.4. The fraction of sp³-hybridized carbons (Fsp3) is 0.458. The van der Waals surface area contributed by atoms with E-state index in [1.54, 1.807) is 0 Å². The maximum Gasteiger partial charge on any atom is 0.404 e. The molecule has 4 rings (SSSR count).